The number of aromatic nitrogens is 4. The SMILES string of the molecule is Cc1ccnc(NC(=O)c2ccc(Sc3nncn3C)c([N+](=O)[O-])c2)c1. The fraction of sp³-hybridized carbons (Fsp3) is 0.125. The zero-order chi connectivity index (χ0) is 18.7. The first kappa shape index (κ1) is 17.5. The van der Waals surface area contributed by atoms with Crippen LogP contribution in [0, 0.1) is 17.0 Å². The Kier molecular flexibility index (Phi) is 4.94. The van der Waals surface area contributed by atoms with Crippen LogP contribution in [0.2, 0.25) is 0 Å². The molecule has 0 radical (unpaired) electrons. The maximum atomic E-state index is 12.4. The highest BCUT2D eigenvalue weighted by Gasteiger charge is 2.20. The van der Waals surface area contributed by atoms with Crippen molar-refractivity contribution in [1.82, 2.24) is 19.7 Å². The largest absolute Gasteiger partial charge is 0.311 e. The molecule has 0 saturated carbocycles. The van der Waals surface area contributed by atoms with Gasteiger partial charge in [-0.25, -0.2) is 4.98 Å². The predicted molar refractivity (Wildman–Crippen MR) is 95.1 cm³/mol. The van der Waals surface area contributed by atoms with Crippen molar-refractivity contribution >= 4 is 29.2 Å². The highest BCUT2D eigenvalue weighted by molar-refractivity contribution is 7.99. The average molecular weight is 370 g/mol. The van der Waals surface area contributed by atoms with Crippen molar-refractivity contribution in [2.45, 2.75) is 17.0 Å². The van der Waals surface area contributed by atoms with Gasteiger partial charge in [0.15, 0.2) is 5.16 Å². The van der Waals surface area contributed by atoms with E-state index < -0.39 is 10.8 Å². The second-order valence-electron chi connectivity index (χ2n) is 5.44. The molecule has 0 aliphatic heterocycles. The van der Waals surface area contributed by atoms with E-state index in [-0.39, 0.29) is 11.3 Å². The van der Waals surface area contributed by atoms with Crippen LogP contribution in [-0.2, 0) is 7.05 Å². The molecule has 9 nitrogen and oxygen atoms in total. The number of carbonyl (C=O) groups is 1. The lowest BCUT2D eigenvalue weighted by Gasteiger charge is -2.07. The Morgan fingerprint density at radius 2 is 2.12 bits per heavy atom. The number of nitro groups is 1. The van der Waals surface area contributed by atoms with Crippen LogP contribution in [0.4, 0.5) is 11.5 Å². The van der Waals surface area contributed by atoms with Gasteiger partial charge in [0.25, 0.3) is 11.6 Å². The van der Waals surface area contributed by atoms with E-state index in [0.717, 1.165) is 17.3 Å². The van der Waals surface area contributed by atoms with E-state index in [0.29, 0.717) is 15.9 Å². The molecule has 1 amide bonds. The Balaban J connectivity index is 1.87. The highest BCUT2D eigenvalue weighted by Crippen LogP contribution is 2.34. The molecule has 1 N–H and O–H groups in total. The first-order chi connectivity index (χ1) is 12.4. The summed E-state index contributed by atoms with van der Waals surface area (Å²) in [6.07, 6.45) is 3.08. The highest BCUT2D eigenvalue weighted by atomic mass is 32.2. The number of aryl methyl sites for hydroxylation is 2. The van der Waals surface area contributed by atoms with Gasteiger partial charge in [-0.15, -0.1) is 10.2 Å². The molecule has 0 saturated heterocycles. The minimum absolute atomic E-state index is 0.169. The van der Waals surface area contributed by atoms with Gasteiger partial charge in [0.05, 0.1) is 9.82 Å². The molecule has 0 fully saturated rings. The summed E-state index contributed by atoms with van der Waals surface area (Å²) in [7, 11) is 1.74. The molecule has 0 bridgehead atoms. The van der Waals surface area contributed by atoms with Gasteiger partial charge in [-0.05, 0) is 48.5 Å². The van der Waals surface area contributed by atoms with Crippen molar-refractivity contribution < 1.29 is 9.72 Å². The maximum Gasteiger partial charge on any atom is 0.284 e. The molecular weight excluding hydrogens is 356 g/mol. The monoisotopic (exact) mass is 370 g/mol. The van der Waals surface area contributed by atoms with Gasteiger partial charge in [0.2, 0.25) is 0 Å². The van der Waals surface area contributed by atoms with Crippen molar-refractivity contribution in [2.24, 2.45) is 7.05 Å². The van der Waals surface area contributed by atoms with Crippen LogP contribution >= 0.6 is 11.8 Å². The molecule has 26 heavy (non-hydrogen) atoms. The van der Waals surface area contributed by atoms with E-state index in [1.165, 1.54) is 24.5 Å². The quantitative estimate of drug-likeness (QED) is 0.542. The number of anilines is 1. The van der Waals surface area contributed by atoms with Gasteiger partial charge in [0, 0.05) is 24.9 Å². The summed E-state index contributed by atoms with van der Waals surface area (Å²) in [6.45, 7) is 1.88. The third-order valence-electron chi connectivity index (χ3n) is 3.45. The number of nitrogens with zero attached hydrogens (tertiary/aromatic N) is 5. The summed E-state index contributed by atoms with van der Waals surface area (Å²) in [5, 5.41) is 22.2. The summed E-state index contributed by atoms with van der Waals surface area (Å²) in [5.74, 6) is -0.0865. The summed E-state index contributed by atoms with van der Waals surface area (Å²) in [5.41, 5.74) is 0.932. The molecule has 3 aromatic rings. The smallest absolute Gasteiger partial charge is 0.284 e. The topological polar surface area (TPSA) is 116 Å². The molecule has 0 spiro atoms. The van der Waals surface area contributed by atoms with Crippen LogP contribution in [0.15, 0.2) is 52.9 Å². The average Bonchev–Trinajstić information content (AvgIpc) is 3.00. The van der Waals surface area contributed by atoms with Crippen molar-refractivity contribution in [3.63, 3.8) is 0 Å². The number of amides is 1. The summed E-state index contributed by atoms with van der Waals surface area (Å²) in [4.78, 5) is 27.7. The molecular formula is C16H14N6O3S. The molecule has 0 aliphatic carbocycles. The number of benzene rings is 1. The Hall–Kier alpha value is -3.27. The Morgan fingerprint density at radius 1 is 1.31 bits per heavy atom. The van der Waals surface area contributed by atoms with Gasteiger partial charge in [-0.1, -0.05) is 0 Å². The van der Waals surface area contributed by atoms with Crippen molar-refractivity contribution in [1.29, 1.82) is 0 Å². The molecule has 2 aromatic heterocycles. The second kappa shape index (κ2) is 7.31. The van der Waals surface area contributed by atoms with Gasteiger partial charge < -0.3 is 9.88 Å². The Morgan fingerprint density at radius 3 is 2.77 bits per heavy atom. The molecule has 0 unspecified atom stereocenters. The lowest BCUT2D eigenvalue weighted by molar-refractivity contribution is -0.387. The van der Waals surface area contributed by atoms with Crippen LogP contribution in [0.1, 0.15) is 15.9 Å². The summed E-state index contributed by atoms with van der Waals surface area (Å²) < 4.78 is 1.65. The summed E-state index contributed by atoms with van der Waals surface area (Å²) >= 11 is 1.11. The molecule has 1 aromatic carbocycles. The number of nitrogens with one attached hydrogen (secondary N) is 1. The van der Waals surface area contributed by atoms with E-state index in [2.05, 4.69) is 20.5 Å². The molecule has 2 heterocycles. The summed E-state index contributed by atoms with van der Waals surface area (Å²) in [6, 6.07) is 7.81. The van der Waals surface area contributed by atoms with E-state index in [4.69, 9.17) is 0 Å². The lowest BCUT2D eigenvalue weighted by atomic mass is 10.2. The zero-order valence-corrected chi connectivity index (χ0v) is 14.7. The molecule has 10 heteroatoms. The van der Waals surface area contributed by atoms with E-state index >= 15 is 0 Å². The number of rotatable bonds is 5. The van der Waals surface area contributed by atoms with Crippen molar-refractivity contribution in [3.8, 4) is 0 Å². The van der Waals surface area contributed by atoms with E-state index in [1.807, 2.05) is 6.92 Å². The molecule has 0 atom stereocenters. The fourth-order valence-corrected chi connectivity index (χ4v) is 2.99. The van der Waals surface area contributed by atoms with Crippen LogP contribution < -0.4 is 5.32 Å². The van der Waals surface area contributed by atoms with Gasteiger partial charge in [-0.2, -0.15) is 0 Å². The first-order valence-electron chi connectivity index (χ1n) is 7.48. The first-order valence-corrected chi connectivity index (χ1v) is 8.30. The van der Waals surface area contributed by atoms with Crippen LogP contribution in [0.3, 0.4) is 0 Å². The van der Waals surface area contributed by atoms with Crippen molar-refractivity contribution in [2.75, 3.05) is 5.32 Å². The minimum atomic E-state index is -0.527. The van der Waals surface area contributed by atoms with Gasteiger partial charge in [-0.3, -0.25) is 14.9 Å². The number of hydrogen-bond acceptors (Lipinski definition) is 7. The molecule has 3 rings (SSSR count). The zero-order valence-electron chi connectivity index (χ0n) is 13.9. The maximum absolute atomic E-state index is 12.4. The predicted octanol–water partition coefficient (Wildman–Crippen LogP) is 2.83. The minimum Gasteiger partial charge on any atom is -0.311 e. The normalized spacial score (nSPS) is 10.5. The number of nitro benzene ring substituents is 1. The second-order valence-corrected chi connectivity index (χ2v) is 6.45. The number of pyridine rings is 1. The lowest BCUT2D eigenvalue weighted by Crippen LogP contribution is -2.13. The van der Waals surface area contributed by atoms with Crippen molar-refractivity contribution in [3.05, 3.63) is 64.1 Å². The third kappa shape index (κ3) is 3.86. The van der Waals surface area contributed by atoms with Gasteiger partial charge >= 0.3 is 0 Å². The van der Waals surface area contributed by atoms with Crippen LogP contribution in [0.5, 0.6) is 0 Å². The van der Waals surface area contributed by atoms with E-state index in [9.17, 15) is 14.9 Å². The number of carbonyl (C=O) groups excluding carboxylic acids is 1. The molecule has 132 valence electrons. The van der Waals surface area contributed by atoms with Gasteiger partial charge in [0.1, 0.15) is 12.1 Å². The Labute approximate surface area is 152 Å². The Bertz CT molecular complexity index is 988. The third-order valence-corrected chi connectivity index (χ3v) is 4.56. The fourth-order valence-electron chi connectivity index (χ4n) is 2.14. The van der Waals surface area contributed by atoms with Crippen LogP contribution in [0.25, 0.3) is 0 Å². The van der Waals surface area contributed by atoms with Crippen LogP contribution in [-0.4, -0.2) is 30.6 Å². The standard InChI is InChI=1S/C16H14N6O3S/c1-10-5-6-17-14(7-10)19-15(23)11-3-4-13(12(8-11)22(24)25)26-16-20-18-9-21(16)2/h3-9H,1-2H3,(H,17,19,23). The van der Waals surface area contributed by atoms with E-state index in [1.54, 1.807) is 29.9 Å². The molecule has 0 aliphatic rings. The number of hydrogen-bond donors (Lipinski definition) is 1.